The van der Waals surface area contributed by atoms with E-state index in [-0.39, 0.29) is 5.97 Å². The Bertz CT molecular complexity index is 150. The molecule has 0 aromatic heterocycles. The smallest absolute Gasteiger partial charge is 0.306 e. The molecule has 0 N–H and O–H groups in total. The Labute approximate surface area is 61.6 Å². The van der Waals surface area contributed by atoms with Crippen LogP contribution >= 0.6 is 0 Å². The second-order valence-electron chi connectivity index (χ2n) is 1.78. The molecule has 0 radical (unpaired) electrons. The van der Waals surface area contributed by atoms with Crippen molar-refractivity contribution in [2.24, 2.45) is 0 Å². The average Bonchev–Trinajstić information content (AvgIpc) is 1.98. The van der Waals surface area contributed by atoms with Gasteiger partial charge in [-0.1, -0.05) is 6.92 Å². The lowest BCUT2D eigenvalue weighted by Gasteiger charge is -1.91. The average molecular weight is 140 g/mol. The quantitative estimate of drug-likeness (QED) is 0.427. The lowest BCUT2D eigenvalue weighted by atomic mass is 10.3. The fourth-order valence-electron chi connectivity index (χ4n) is 0.480. The fraction of sp³-hybridized carbons (Fsp3) is 0.625. The maximum absolute atomic E-state index is 10.5. The highest BCUT2D eigenvalue weighted by molar-refractivity contribution is 5.69. The van der Waals surface area contributed by atoms with E-state index >= 15 is 0 Å². The summed E-state index contributed by atoms with van der Waals surface area (Å²) in [7, 11) is 1.38. The van der Waals surface area contributed by atoms with Crippen molar-refractivity contribution in [3.05, 3.63) is 0 Å². The Morgan fingerprint density at radius 1 is 1.50 bits per heavy atom. The van der Waals surface area contributed by atoms with Gasteiger partial charge in [-0.05, 0) is 0 Å². The van der Waals surface area contributed by atoms with Crippen molar-refractivity contribution < 1.29 is 9.53 Å². The minimum absolute atomic E-state index is 0.189. The molecule has 0 spiro atoms. The molecule has 10 heavy (non-hydrogen) atoms. The number of methoxy groups -OCH3 is 1. The molecule has 0 amide bonds. The van der Waals surface area contributed by atoms with Crippen molar-refractivity contribution in [3.63, 3.8) is 0 Å². The Balaban J connectivity index is 3.27. The summed E-state index contributed by atoms with van der Waals surface area (Å²) in [6.07, 6.45) is 1.87. The molecule has 0 aromatic carbocycles. The second kappa shape index (κ2) is 6.15. The van der Waals surface area contributed by atoms with Crippen LogP contribution in [-0.2, 0) is 9.53 Å². The van der Waals surface area contributed by atoms with E-state index in [1.165, 1.54) is 7.11 Å². The van der Waals surface area contributed by atoms with Gasteiger partial charge in [-0.15, -0.1) is 11.8 Å². The first kappa shape index (κ1) is 9.03. The van der Waals surface area contributed by atoms with Gasteiger partial charge in [0.1, 0.15) is 0 Å². The van der Waals surface area contributed by atoms with Crippen LogP contribution in [0, 0.1) is 11.8 Å². The highest BCUT2D eigenvalue weighted by Crippen LogP contribution is 1.88. The van der Waals surface area contributed by atoms with E-state index in [1.807, 2.05) is 6.92 Å². The molecule has 0 saturated carbocycles. The lowest BCUT2D eigenvalue weighted by molar-refractivity contribution is -0.140. The Hall–Kier alpha value is -0.970. The lowest BCUT2D eigenvalue weighted by Crippen LogP contribution is -1.98. The minimum Gasteiger partial charge on any atom is -0.469 e. The zero-order valence-electron chi connectivity index (χ0n) is 6.44. The van der Waals surface area contributed by atoms with Gasteiger partial charge >= 0.3 is 5.97 Å². The van der Waals surface area contributed by atoms with Gasteiger partial charge in [0.15, 0.2) is 0 Å². The fourth-order valence-corrected chi connectivity index (χ4v) is 0.480. The third-order valence-corrected chi connectivity index (χ3v) is 0.984. The van der Waals surface area contributed by atoms with Crippen molar-refractivity contribution in [3.8, 4) is 11.8 Å². The third-order valence-electron chi connectivity index (χ3n) is 0.984. The summed E-state index contributed by atoms with van der Waals surface area (Å²) < 4.78 is 4.42. The van der Waals surface area contributed by atoms with Crippen molar-refractivity contribution in [2.75, 3.05) is 7.11 Å². The molecule has 2 nitrogen and oxygen atoms in total. The number of hydrogen-bond acceptors (Lipinski definition) is 2. The van der Waals surface area contributed by atoms with E-state index in [4.69, 9.17) is 0 Å². The molecule has 2 heteroatoms. The van der Waals surface area contributed by atoms with Gasteiger partial charge in [0.2, 0.25) is 0 Å². The maximum Gasteiger partial charge on any atom is 0.306 e. The number of carbonyl (C=O) groups excluding carboxylic acids is 1. The predicted molar refractivity (Wildman–Crippen MR) is 39.3 cm³/mol. The summed E-state index contributed by atoms with van der Waals surface area (Å²) in [6.45, 7) is 1.98. The van der Waals surface area contributed by atoms with Gasteiger partial charge in [0.25, 0.3) is 0 Å². The molecular weight excluding hydrogens is 128 g/mol. The molecule has 0 saturated heterocycles. The zero-order valence-corrected chi connectivity index (χ0v) is 6.44. The molecule has 0 fully saturated rings. The van der Waals surface area contributed by atoms with Crippen LogP contribution in [0.3, 0.4) is 0 Å². The van der Waals surface area contributed by atoms with Gasteiger partial charge < -0.3 is 4.74 Å². The monoisotopic (exact) mass is 140 g/mol. The Morgan fingerprint density at radius 2 is 2.20 bits per heavy atom. The van der Waals surface area contributed by atoms with E-state index in [9.17, 15) is 4.79 Å². The number of rotatable bonds is 2. The molecule has 0 rings (SSSR count). The molecule has 0 aromatic rings. The van der Waals surface area contributed by atoms with Gasteiger partial charge in [-0.3, -0.25) is 4.79 Å². The summed E-state index contributed by atoms with van der Waals surface area (Å²) >= 11 is 0. The molecule has 0 bridgehead atoms. The van der Waals surface area contributed by atoms with Crippen molar-refractivity contribution in [1.82, 2.24) is 0 Å². The third kappa shape index (κ3) is 5.17. The largest absolute Gasteiger partial charge is 0.469 e. The molecule has 0 heterocycles. The molecule has 0 aliphatic heterocycles. The molecule has 0 aliphatic rings. The van der Waals surface area contributed by atoms with Gasteiger partial charge in [-0.25, -0.2) is 0 Å². The summed E-state index contributed by atoms with van der Waals surface area (Å²) in [5.41, 5.74) is 0. The van der Waals surface area contributed by atoms with E-state index < -0.39 is 0 Å². The van der Waals surface area contributed by atoms with Crippen LogP contribution in [0.4, 0.5) is 0 Å². The van der Waals surface area contributed by atoms with Crippen molar-refractivity contribution in [1.29, 1.82) is 0 Å². The van der Waals surface area contributed by atoms with Gasteiger partial charge in [0.05, 0.1) is 13.5 Å². The molecule has 56 valence electrons. The summed E-state index contributed by atoms with van der Waals surface area (Å²) in [4.78, 5) is 10.5. The number of esters is 1. The van der Waals surface area contributed by atoms with Crippen LogP contribution in [0.25, 0.3) is 0 Å². The first-order chi connectivity index (χ1) is 4.81. The van der Waals surface area contributed by atoms with Crippen LogP contribution in [0.15, 0.2) is 0 Å². The predicted octanol–water partition coefficient (Wildman–Crippen LogP) is 1.35. The topological polar surface area (TPSA) is 26.3 Å². The first-order valence-corrected chi connectivity index (χ1v) is 3.33. The van der Waals surface area contributed by atoms with Crippen LogP contribution in [0.5, 0.6) is 0 Å². The normalized spacial score (nSPS) is 7.80. The van der Waals surface area contributed by atoms with E-state index in [1.54, 1.807) is 0 Å². The second-order valence-corrected chi connectivity index (χ2v) is 1.78. The van der Waals surface area contributed by atoms with Crippen LogP contribution in [0.1, 0.15) is 26.2 Å². The van der Waals surface area contributed by atoms with Crippen LogP contribution in [-0.4, -0.2) is 13.1 Å². The number of hydrogen-bond donors (Lipinski definition) is 0. The van der Waals surface area contributed by atoms with Crippen LogP contribution in [0.2, 0.25) is 0 Å². The first-order valence-electron chi connectivity index (χ1n) is 3.33. The van der Waals surface area contributed by atoms with E-state index in [0.29, 0.717) is 12.8 Å². The minimum atomic E-state index is -0.189. The highest BCUT2D eigenvalue weighted by Gasteiger charge is 1.94. The Kier molecular flexibility index (Phi) is 5.56. The standard InChI is InChI=1S/C8H12O2/c1-3-4-5-6-7-8(9)10-2/h3,6-7H2,1-2H3. The van der Waals surface area contributed by atoms with E-state index in [0.717, 1.165) is 6.42 Å². The SMILES string of the molecule is CCC#CCCC(=O)OC. The Morgan fingerprint density at radius 3 is 2.70 bits per heavy atom. The highest BCUT2D eigenvalue weighted by atomic mass is 16.5. The molecular formula is C8H12O2. The van der Waals surface area contributed by atoms with Crippen molar-refractivity contribution in [2.45, 2.75) is 26.2 Å². The maximum atomic E-state index is 10.5. The van der Waals surface area contributed by atoms with Gasteiger partial charge in [0, 0.05) is 12.8 Å². The zero-order chi connectivity index (χ0) is 7.82. The molecule has 0 atom stereocenters. The number of carbonyl (C=O) groups is 1. The summed E-state index contributed by atoms with van der Waals surface area (Å²) in [5, 5.41) is 0. The van der Waals surface area contributed by atoms with Crippen LogP contribution < -0.4 is 0 Å². The summed E-state index contributed by atoms with van der Waals surface area (Å²) in [6, 6.07) is 0. The number of ether oxygens (including phenoxy) is 1. The molecule has 0 unspecified atom stereocenters. The van der Waals surface area contributed by atoms with Crippen molar-refractivity contribution >= 4 is 5.97 Å². The van der Waals surface area contributed by atoms with E-state index in [2.05, 4.69) is 16.6 Å². The molecule has 0 aliphatic carbocycles. The van der Waals surface area contributed by atoms with Gasteiger partial charge in [-0.2, -0.15) is 0 Å². The summed E-state index contributed by atoms with van der Waals surface area (Å²) in [5.74, 6) is 5.53.